The Morgan fingerprint density at radius 3 is 2.81 bits per heavy atom. The van der Waals surface area contributed by atoms with Gasteiger partial charge < -0.3 is 10.2 Å². The van der Waals surface area contributed by atoms with Gasteiger partial charge in [-0.25, -0.2) is 9.97 Å². The highest BCUT2D eigenvalue weighted by molar-refractivity contribution is 5.79. The summed E-state index contributed by atoms with van der Waals surface area (Å²) in [5.41, 5.74) is 2.75. The number of nitrogens with one attached hydrogen (secondary N) is 1. The first kappa shape index (κ1) is 13.5. The van der Waals surface area contributed by atoms with Gasteiger partial charge in [-0.2, -0.15) is 5.10 Å². The minimum Gasteiger partial charge on any atom is -0.349 e. The lowest BCUT2D eigenvalue weighted by Crippen LogP contribution is -2.25. The molecule has 1 fully saturated rings. The predicted molar refractivity (Wildman–Crippen MR) is 78.6 cm³/mol. The van der Waals surface area contributed by atoms with Gasteiger partial charge in [0.25, 0.3) is 0 Å². The Labute approximate surface area is 123 Å². The van der Waals surface area contributed by atoms with E-state index in [9.17, 15) is 4.79 Å². The number of aryl methyl sites for hydroxylation is 2. The number of aromatic nitrogens is 4. The molecule has 0 radical (unpaired) electrons. The summed E-state index contributed by atoms with van der Waals surface area (Å²) in [7, 11) is 3.69. The molecular formula is C14H18N6O. The molecule has 0 aliphatic carbocycles. The van der Waals surface area contributed by atoms with Gasteiger partial charge in [0.15, 0.2) is 0 Å². The first-order valence-electron chi connectivity index (χ1n) is 6.87. The number of anilines is 1. The molecule has 0 bridgehead atoms. The van der Waals surface area contributed by atoms with E-state index in [0.29, 0.717) is 18.9 Å². The highest BCUT2D eigenvalue weighted by Crippen LogP contribution is 2.21. The minimum absolute atomic E-state index is 0.0627. The summed E-state index contributed by atoms with van der Waals surface area (Å²) in [5.74, 6) is 0.690. The molecule has 0 spiro atoms. The van der Waals surface area contributed by atoms with E-state index in [1.807, 2.05) is 26.2 Å². The van der Waals surface area contributed by atoms with Crippen LogP contribution < -0.4 is 5.32 Å². The number of amides is 1. The second-order valence-electron chi connectivity index (χ2n) is 5.39. The Morgan fingerprint density at radius 1 is 1.38 bits per heavy atom. The molecule has 0 aromatic carbocycles. The van der Waals surface area contributed by atoms with Crippen molar-refractivity contribution in [3.8, 4) is 11.3 Å². The molecule has 1 unspecified atom stereocenters. The average Bonchev–Trinajstić information content (AvgIpc) is 2.92. The Morgan fingerprint density at radius 2 is 2.19 bits per heavy atom. The van der Waals surface area contributed by atoms with E-state index in [1.165, 1.54) is 0 Å². The van der Waals surface area contributed by atoms with Crippen LogP contribution in [0.5, 0.6) is 0 Å². The Hall–Kier alpha value is -2.44. The molecule has 2 aromatic rings. The number of hydrogen-bond donors (Lipinski definition) is 1. The van der Waals surface area contributed by atoms with Crippen molar-refractivity contribution in [2.75, 3.05) is 18.9 Å². The summed E-state index contributed by atoms with van der Waals surface area (Å²) in [4.78, 5) is 22.0. The molecule has 0 saturated carbocycles. The van der Waals surface area contributed by atoms with E-state index in [0.717, 1.165) is 17.0 Å². The maximum atomic E-state index is 11.5. The lowest BCUT2D eigenvalue weighted by atomic mass is 10.2. The number of likely N-dealkylation sites (tertiary alicyclic amines) is 1. The van der Waals surface area contributed by atoms with Crippen molar-refractivity contribution in [1.29, 1.82) is 0 Å². The van der Waals surface area contributed by atoms with Crippen LogP contribution in [0, 0.1) is 6.92 Å². The van der Waals surface area contributed by atoms with Gasteiger partial charge in [0.05, 0.1) is 17.4 Å². The van der Waals surface area contributed by atoms with Gasteiger partial charge >= 0.3 is 0 Å². The van der Waals surface area contributed by atoms with Crippen molar-refractivity contribution in [2.45, 2.75) is 19.4 Å². The van der Waals surface area contributed by atoms with E-state index in [-0.39, 0.29) is 11.9 Å². The topological polar surface area (TPSA) is 75.9 Å². The normalized spacial score (nSPS) is 18.3. The molecule has 7 nitrogen and oxygen atoms in total. The molecule has 7 heteroatoms. The first-order valence-corrected chi connectivity index (χ1v) is 6.87. The fraction of sp³-hybridized carbons (Fsp3) is 0.429. The van der Waals surface area contributed by atoms with E-state index in [4.69, 9.17) is 0 Å². The molecule has 2 aromatic heterocycles. The molecule has 1 N–H and O–H groups in total. The van der Waals surface area contributed by atoms with Crippen LogP contribution in [0.4, 0.5) is 5.95 Å². The number of hydrogen-bond acceptors (Lipinski definition) is 5. The maximum absolute atomic E-state index is 11.5. The van der Waals surface area contributed by atoms with E-state index >= 15 is 0 Å². The zero-order valence-electron chi connectivity index (χ0n) is 12.4. The summed E-state index contributed by atoms with van der Waals surface area (Å²) in [5, 5.41) is 7.55. The Bertz CT molecular complexity index is 680. The Kier molecular flexibility index (Phi) is 3.32. The van der Waals surface area contributed by atoms with Gasteiger partial charge in [0, 0.05) is 45.0 Å². The highest BCUT2D eigenvalue weighted by Gasteiger charge is 2.27. The van der Waals surface area contributed by atoms with Crippen LogP contribution in [0.2, 0.25) is 0 Å². The number of rotatable bonds is 3. The van der Waals surface area contributed by atoms with Crippen molar-refractivity contribution in [1.82, 2.24) is 24.6 Å². The molecule has 1 aliphatic heterocycles. The lowest BCUT2D eigenvalue weighted by Gasteiger charge is -2.12. The number of carbonyl (C=O) groups excluding carboxylic acids is 1. The summed E-state index contributed by atoms with van der Waals surface area (Å²) in [6.07, 6.45) is 4.14. The predicted octanol–water partition coefficient (Wildman–Crippen LogP) is 0.828. The van der Waals surface area contributed by atoms with E-state index < -0.39 is 0 Å². The largest absolute Gasteiger partial charge is 0.349 e. The third-order valence-corrected chi connectivity index (χ3v) is 3.62. The van der Waals surface area contributed by atoms with E-state index in [1.54, 1.807) is 22.8 Å². The standard InChI is InChI=1S/C14H18N6O/c1-9-11(8-20(3)18-9)12-4-5-15-14(17-12)16-10-6-13(21)19(2)7-10/h4-5,8,10H,6-7H2,1-3H3,(H,15,16,17). The minimum atomic E-state index is 0.0627. The van der Waals surface area contributed by atoms with Crippen LogP contribution in [0.1, 0.15) is 12.1 Å². The molecular weight excluding hydrogens is 268 g/mol. The number of likely N-dealkylation sites (N-methyl/N-ethyl adjacent to an activating group) is 1. The van der Waals surface area contributed by atoms with Gasteiger partial charge in [0.2, 0.25) is 11.9 Å². The van der Waals surface area contributed by atoms with Crippen LogP contribution in [0.25, 0.3) is 11.3 Å². The fourth-order valence-electron chi connectivity index (χ4n) is 2.57. The number of nitrogens with zero attached hydrogens (tertiary/aromatic N) is 5. The summed E-state index contributed by atoms with van der Waals surface area (Å²) >= 11 is 0. The molecule has 1 amide bonds. The second kappa shape index (κ2) is 5.16. The van der Waals surface area contributed by atoms with Gasteiger partial charge in [-0.1, -0.05) is 0 Å². The van der Waals surface area contributed by atoms with Gasteiger partial charge in [-0.3, -0.25) is 9.48 Å². The van der Waals surface area contributed by atoms with Crippen molar-refractivity contribution in [3.05, 3.63) is 24.2 Å². The molecule has 3 rings (SSSR count). The molecule has 1 saturated heterocycles. The maximum Gasteiger partial charge on any atom is 0.224 e. The van der Waals surface area contributed by atoms with Crippen LogP contribution in [0.3, 0.4) is 0 Å². The van der Waals surface area contributed by atoms with Gasteiger partial charge in [-0.15, -0.1) is 0 Å². The second-order valence-corrected chi connectivity index (χ2v) is 5.39. The van der Waals surface area contributed by atoms with Crippen LogP contribution in [-0.2, 0) is 11.8 Å². The van der Waals surface area contributed by atoms with Crippen molar-refractivity contribution < 1.29 is 4.79 Å². The summed E-state index contributed by atoms with van der Waals surface area (Å²) in [6, 6.07) is 1.92. The molecule has 21 heavy (non-hydrogen) atoms. The Balaban J connectivity index is 1.81. The van der Waals surface area contributed by atoms with Crippen LogP contribution in [-0.4, -0.2) is 50.2 Å². The highest BCUT2D eigenvalue weighted by atomic mass is 16.2. The van der Waals surface area contributed by atoms with Crippen molar-refractivity contribution in [2.24, 2.45) is 7.05 Å². The third kappa shape index (κ3) is 2.72. The van der Waals surface area contributed by atoms with Gasteiger partial charge in [-0.05, 0) is 13.0 Å². The molecule has 3 heterocycles. The van der Waals surface area contributed by atoms with Crippen LogP contribution in [0.15, 0.2) is 18.5 Å². The smallest absolute Gasteiger partial charge is 0.224 e. The quantitative estimate of drug-likeness (QED) is 0.904. The van der Waals surface area contributed by atoms with E-state index in [2.05, 4.69) is 20.4 Å². The van der Waals surface area contributed by atoms with Crippen molar-refractivity contribution in [3.63, 3.8) is 0 Å². The monoisotopic (exact) mass is 286 g/mol. The number of carbonyl (C=O) groups is 1. The van der Waals surface area contributed by atoms with Crippen molar-refractivity contribution >= 4 is 11.9 Å². The zero-order chi connectivity index (χ0) is 15.0. The molecule has 1 aliphatic rings. The average molecular weight is 286 g/mol. The van der Waals surface area contributed by atoms with Gasteiger partial charge in [0.1, 0.15) is 0 Å². The third-order valence-electron chi connectivity index (χ3n) is 3.62. The SMILES string of the molecule is Cc1nn(C)cc1-c1ccnc(NC2CC(=O)N(C)C2)n1. The summed E-state index contributed by atoms with van der Waals surface area (Å²) in [6.45, 7) is 2.63. The zero-order valence-corrected chi connectivity index (χ0v) is 12.4. The first-order chi connectivity index (χ1) is 10.0. The summed E-state index contributed by atoms with van der Waals surface area (Å²) < 4.78 is 1.77. The molecule has 1 atom stereocenters. The fourth-order valence-corrected chi connectivity index (χ4v) is 2.57. The molecule has 110 valence electrons. The lowest BCUT2D eigenvalue weighted by molar-refractivity contribution is -0.126. The van der Waals surface area contributed by atoms with Crippen LogP contribution >= 0.6 is 0 Å².